The Morgan fingerprint density at radius 1 is 1.00 bits per heavy atom. The van der Waals surface area contributed by atoms with Gasteiger partial charge in [0.05, 0.1) is 0 Å². The lowest BCUT2D eigenvalue weighted by molar-refractivity contribution is -0.137. The molecule has 3 atom stereocenters. The fraction of sp³-hybridized carbons (Fsp3) is 0.944. The molecule has 2 rings (SSSR count). The van der Waals surface area contributed by atoms with Crippen LogP contribution in [0.5, 0.6) is 0 Å². The molecule has 0 radical (unpaired) electrons. The number of hydrogen-bond acceptors (Lipinski definition) is 1. The number of hydrogen-bond donors (Lipinski definition) is 0. The van der Waals surface area contributed by atoms with Crippen molar-refractivity contribution in [3.05, 3.63) is 0 Å². The maximum atomic E-state index is 12.7. The lowest BCUT2D eigenvalue weighted by atomic mass is 9.77. The van der Waals surface area contributed by atoms with Crippen LogP contribution in [0.2, 0.25) is 0 Å². The molecule has 1 saturated carbocycles. The third kappa shape index (κ3) is 3.99. The Morgan fingerprint density at radius 3 is 2.40 bits per heavy atom. The van der Waals surface area contributed by atoms with E-state index in [4.69, 9.17) is 0 Å². The molecule has 1 amide bonds. The maximum absolute atomic E-state index is 12.7. The van der Waals surface area contributed by atoms with Gasteiger partial charge in [0.15, 0.2) is 0 Å². The van der Waals surface area contributed by atoms with E-state index in [2.05, 4.69) is 32.6 Å². The first-order chi connectivity index (χ1) is 9.38. The topological polar surface area (TPSA) is 20.3 Å². The van der Waals surface area contributed by atoms with Crippen molar-refractivity contribution in [3.8, 4) is 0 Å². The molecule has 0 N–H and O–H groups in total. The Balaban J connectivity index is 1.91. The highest BCUT2D eigenvalue weighted by Crippen LogP contribution is 2.35. The van der Waals surface area contributed by atoms with Gasteiger partial charge in [-0.25, -0.2) is 0 Å². The predicted octanol–water partition coefficient (Wildman–Crippen LogP) is 4.49. The van der Waals surface area contributed by atoms with Gasteiger partial charge in [-0.05, 0) is 49.4 Å². The molecule has 1 saturated heterocycles. The third-order valence-corrected chi connectivity index (χ3v) is 5.55. The Labute approximate surface area is 125 Å². The van der Waals surface area contributed by atoms with Crippen LogP contribution in [0.25, 0.3) is 0 Å². The van der Waals surface area contributed by atoms with E-state index in [1.54, 1.807) is 0 Å². The number of carbonyl (C=O) groups excluding carboxylic acids is 1. The monoisotopic (exact) mass is 279 g/mol. The molecular weight excluding hydrogens is 246 g/mol. The molecule has 1 aliphatic heterocycles. The molecule has 2 nitrogen and oxygen atoms in total. The number of likely N-dealkylation sites (tertiary alicyclic amines) is 1. The van der Waals surface area contributed by atoms with E-state index in [9.17, 15) is 4.79 Å². The predicted molar refractivity (Wildman–Crippen MR) is 84.5 cm³/mol. The van der Waals surface area contributed by atoms with Gasteiger partial charge in [0, 0.05) is 19.0 Å². The first kappa shape index (κ1) is 15.9. The first-order valence-electron chi connectivity index (χ1n) is 8.66. The molecule has 2 aliphatic rings. The van der Waals surface area contributed by atoms with E-state index < -0.39 is 0 Å². The third-order valence-electron chi connectivity index (χ3n) is 5.55. The fourth-order valence-electron chi connectivity index (χ4n) is 4.10. The summed E-state index contributed by atoms with van der Waals surface area (Å²) in [6.07, 6.45) is 8.48. The summed E-state index contributed by atoms with van der Waals surface area (Å²) in [6, 6.07) is 0. The average Bonchev–Trinajstić information content (AvgIpc) is 2.63. The van der Waals surface area contributed by atoms with Crippen LogP contribution in [-0.4, -0.2) is 23.9 Å². The van der Waals surface area contributed by atoms with Crippen molar-refractivity contribution in [2.75, 3.05) is 13.1 Å². The second-order valence-electron chi connectivity index (χ2n) is 8.29. The summed E-state index contributed by atoms with van der Waals surface area (Å²) in [5, 5.41) is 0. The van der Waals surface area contributed by atoms with Gasteiger partial charge < -0.3 is 4.90 Å². The highest BCUT2D eigenvalue weighted by molar-refractivity contribution is 5.79. The van der Waals surface area contributed by atoms with Gasteiger partial charge in [0.25, 0.3) is 0 Å². The van der Waals surface area contributed by atoms with Gasteiger partial charge in [-0.2, -0.15) is 0 Å². The highest BCUT2D eigenvalue weighted by atomic mass is 16.2. The van der Waals surface area contributed by atoms with Crippen molar-refractivity contribution in [3.63, 3.8) is 0 Å². The average molecular weight is 279 g/mol. The standard InChI is InChI=1S/C18H33NO/c1-14-7-5-8-15(13-14)17(20)19-11-6-9-16(10-12-19)18(2,3)4/h14-16H,5-13H2,1-4H3/t14-,15-,16+/m1/s1. The van der Waals surface area contributed by atoms with Gasteiger partial charge in [-0.15, -0.1) is 0 Å². The van der Waals surface area contributed by atoms with Crippen molar-refractivity contribution >= 4 is 5.91 Å². The van der Waals surface area contributed by atoms with E-state index in [0.717, 1.165) is 37.8 Å². The molecule has 0 aromatic rings. The molecule has 20 heavy (non-hydrogen) atoms. The second kappa shape index (κ2) is 6.49. The zero-order valence-corrected chi connectivity index (χ0v) is 14.0. The van der Waals surface area contributed by atoms with E-state index >= 15 is 0 Å². The maximum Gasteiger partial charge on any atom is 0.225 e. The summed E-state index contributed by atoms with van der Waals surface area (Å²) in [5.41, 5.74) is 0.387. The molecular formula is C18H33NO. The summed E-state index contributed by atoms with van der Waals surface area (Å²) in [6.45, 7) is 11.3. The van der Waals surface area contributed by atoms with Crippen LogP contribution in [0.4, 0.5) is 0 Å². The van der Waals surface area contributed by atoms with Crippen LogP contribution in [0.3, 0.4) is 0 Å². The molecule has 0 spiro atoms. The van der Waals surface area contributed by atoms with Crippen molar-refractivity contribution in [2.45, 2.75) is 72.6 Å². The lowest BCUT2D eigenvalue weighted by Crippen LogP contribution is -2.38. The van der Waals surface area contributed by atoms with Gasteiger partial charge in [0.1, 0.15) is 0 Å². The van der Waals surface area contributed by atoms with Crippen molar-refractivity contribution in [2.24, 2.45) is 23.2 Å². The SMILES string of the molecule is C[C@@H]1CCC[C@@H](C(=O)N2CCC[C@H](C(C)(C)C)CC2)C1. The Morgan fingerprint density at radius 2 is 1.75 bits per heavy atom. The molecule has 0 aromatic heterocycles. The van der Waals surface area contributed by atoms with Crippen LogP contribution < -0.4 is 0 Å². The molecule has 1 heterocycles. The zero-order chi connectivity index (χ0) is 14.8. The molecule has 0 unspecified atom stereocenters. The minimum absolute atomic E-state index is 0.324. The summed E-state index contributed by atoms with van der Waals surface area (Å²) in [5.74, 6) is 2.30. The lowest BCUT2D eigenvalue weighted by Gasteiger charge is -2.32. The van der Waals surface area contributed by atoms with Crippen LogP contribution >= 0.6 is 0 Å². The molecule has 1 aliphatic carbocycles. The van der Waals surface area contributed by atoms with Crippen LogP contribution in [0, 0.1) is 23.2 Å². The number of rotatable bonds is 1. The van der Waals surface area contributed by atoms with E-state index in [1.165, 1.54) is 32.1 Å². The number of carbonyl (C=O) groups is 1. The molecule has 0 bridgehead atoms. The second-order valence-corrected chi connectivity index (χ2v) is 8.29. The van der Waals surface area contributed by atoms with Gasteiger partial charge in [0.2, 0.25) is 5.91 Å². The molecule has 0 aromatic carbocycles. The van der Waals surface area contributed by atoms with E-state index in [-0.39, 0.29) is 0 Å². The summed E-state index contributed by atoms with van der Waals surface area (Å²) in [4.78, 5) is 14.9. The van der Waals surface area contributed by atoms with Gasteiger partial charge in [-0.3, -0.25) is 4.79 Å². The molecule has 2 heteroatoms. The van der Waals surface area contributed by atoms with Crippen molar-refractivity contribution in [1.29, 1.82) is 0 Å². The minimum Gasteiger partial charge on any atom is -0.342 e. The Hall–Kier alpha value is -0.530. The summed E-state index contributed by atoms with van der Waals surface area (Å²) in [7, 11) is 0. The summed E-state index contributed by atoms with van der Waals surface area (Å²) < 4.78 is 0. The van der Waals surface area contributed by atoms with Crippen molar-refractivity contribution < 1.29 is 4.79 Å². The minimum atomic E-state index is 0.324. The zero-order valence-electron chi connectivity index (χ0n) is 14.0. The first-order valence-corrected chi connectivity index (χ1v) is 8.66. The number of nitrogens with zero attached hydrogens (tertiary/aromatic N) is 1. The quantitative estimate of drug-likeness (QED) is 0.692. The fourth-order valence-corrected chi connectivity index (χ4v) is 4.10. The largest absolute Gasteiger partial charge is 0.342 e. The van der Waals surface area contributed by atoms with Crippen LogP contribution in [0.15, 0.2) is 0 Å². The highest BCUT2D eigenvalue weighted by Gasteiger charge is 2.32. The summed E-state index contributed by atoms with van der Waals surface area (Å²) >= 11 is 0. The number of amides is 1. The molecule has 2 fully saturated rings. The Kier molecular flexibility index (Phi) is 5.14. The Bertz CT molecular complexity index is 331. The van der Waals surface area contributed by atoms with Gasteiger partial charge in [-0.1, -0.05) is 40.5 Å². The normalized spacial score (nSPS) is 32.8. The smallest absolute Gasteiger partial charge is 0.225 e. The van der Waals surface area contributed by atoms with E-state index in [1.807, 2.05) is 0 Å². The van der Waals surface area contributed by atoms with E-state index in [0.29, 0.717) is 17.2 Å². The van der Waals surface area contributed by atoms with Crippen LogP contribution in [-0.2, 0) is 4.79 Å². The molecule has 116 valence electrons. The van der Waals surface area contributed by atoms with Crippen molar-refractivity contribution in [1.82, 2.24) is 4.90 Å². The van der Waals surface area contributed by atoms with Gasteiger partial charge >= 0.3 is 0 Å². The van der Waals surface area contributed by atoms with Crippen LogP contribution in [0.1, 0.15) is 72.6 Å².